The second-order valence-electron chi connectivity index (χ2n) is 5.76. The number of nitrogens with zero attached hydrogens (tertiary/aromatic N) is 1. The number of hydrogen-bond acceptors (Lipinski definition) is 4. The summed E-state index contributed by atoms with van der Waals surface area (Å²) in [5.74, 6) is -0.225. The normalized spacial score (nSPS) is 11.2. The minimum absolute atomic E-state index is 0.175. The summed E-state index contributed by atoms with van der Waals surface area (Å²) >= 11 is 0. The van der Waals surface area contributed by atoms with E-state index >= 15 is 0 Å². The van der Waals surface area contributed by atoms with Crippen LogP contribution in [0.15, 0.2) is 27.8 Å². The zero-order valence-corrected chi connectivity index (χ0v) is 14.2. The van der Waals surface area contributed by atoms with Crippen LogP contribution in [-0.2, 0) is 11.3 Å². The number of aromatic amines is 1. The molecule has 2 rings (SSSR count). The van der Waals surface area contributed by atoms with Crippen LogP contribution in [0.2, 0.25) is 0 Å². The minimum atomic E-state index is -0.687. The van der Waals surface area contributed by atoms with E-state index in [9.17, 15) is 14.4 Å². The minimum Gasteiger partial charge on any atom is -0.379 e. The van der Waals surface area contributed by atoms with Crippen LogP contribution in [0.1, 0.15) is 37.6 Å². The molecule has 2 N–H and O–H groups in total. The van der Waals surface area contributed by atoms with Gasteiger partial charge in [0.1, 0.15) is 0 Å². The van der Waals surface area contributed by atoms with Gasteiger partial charge in [0.05, 0.1) is 17.1 Å². The van der Waals surface area contributed by atoms with Crippen LogP contribution in [0.3, 0.4) is 0 Å². The van der Waals surface area contributed by atoms with Crippen molar-refractivity contribution >= 4 is 16.9 Å². The third kappa shape index (κ3) is 4.11. The standard InChI is InChI=1S/C17H23N3O4/c1-4-20-14-7-6-12(10-13(14)19-16(22)17(20)23)15(21)18-8-5-9-24-11(2)3/h6-7,10-11H,4-5,8-9H2,1-3H3,(H,18,21)(H,19,22). The zero-order chi connectivity index (χ0) is 17.7. The summed E-state index contributed by atoms with van der Waals surface area (Å²) in [6.45, 7) is 7.20. The van der Waals surface area contributed by atoms with Crippen LogP contribution < -0.4 is 16.4 Å². The average molecular weight is 333 g/mol. The van der Waals surface area contributed by atoms with Gasteiger partial charge in [0, 0.05) is 25.3 Å². The fraction of sp³-hybridized carbons (Fsp3) is 0.471. The van der Waals surface area contributed by atoms with E-state index in [1.54, 1.807) is 25.1 Å². The van der Waals surface area contributed by atoms with E-state index in [1.807, 2.05) is 13.8 Å². The first-order chi connectivity index (χ1) is 11.4. The lowest BCUT2D eigenvalue weighted by atomic mass is 10.1. The van der Waals surface area contributed by atoms with Crippen LogP contribution in [0, 0.1) is 0 Å². The van der Waals surface area contributed by atoms with Crippen molar-refractivity contribution in [3.05, 3.63) is 44.5 Å². The van der Waals surface area contributed by atoms with Crippen LogP contribution in [0.5, 0.6) is 0 Å². The second-order valence-corrected chi connectivity index (χ2v) is 5.76. The van der Waals surface area contributed by atoms with Gasteiger partial charge >= 0.3 is 11.1 Å². The van der Waals surface area contributed by atoms with Crippen LogP contribution in [0.4, 0.5) is 0 Å². The number of carbonyl (C=O) groups excluding carboxylic acids is 1. The monoisotopic (exact) mass is 333 g/mol. The van der Waals surface area contributed by atoms with Gasteiger partial charge in [0.25, 0.3) is 5.91 Å². The summed E-state index contributed by atoms with van der Waals surface area (Å²) in [5.41, 5.74) is 0.227. The Balaban J connectivity index is 2.13. The molecule has 1 aromatic carbocycles. The quantitative estimate of drug-likeness (QED) is 0.589. The Morgan fingerprint density at radius 2 is 2.08 bits per heavy atom. The van der Waals surface area contributed by atoms with Gasteiger partial charge in [-0.15, -0.1) is 0 Å². The number of nitrogens with one attached hydrogen (secondary N) is 2. The number of carbonyl (C=O) groups is 1. The predicted octanol–water partition coefficient (Wildman–Crippen LogP) is 1.25. The summed E-state index contributed by atoms with van der Waals surface area (Å²) in [5, 5.41) is 2.81. The molecule has 0 fully saturated rings. The predicted molar refractivity (Wildman–Crippen MR) is 92.5 cm³/mol. The van der Waals surface area contributed by atoms with Gasteiger partial charge in [-0.3, -0.25) is 14.4 Å². The Morgan fingerprint density at radius 3 is 2.75 bits per heavy atom. The number of ether oxygens (including phenoxy) is 1. The number of benzene rings is 1. The molecule has 0 atom stereocenters. The maximum absolute atomic E-state index is 12.2. The summed E-state index contributed by atoms with van der Waals surface area (Å²) in [6, 6.07) is 4.90. The highest BCUT2D eigenvalue weighted by molar-refractivity contribution is 5.97. The molecule has 1 amide bonds. The van der Waals surface area contributed by atoms with E-state index < -0.39 is 11.1 Å². The highest BCUT2D eigenvalue weighted by atomic mass is 16.5. The summed E-state index contributed by atoms with van der Waals surface area (Å²) in [4.78, 5) is 38.2. The molecule has 7 heteroatoms. The molecular formula is C17H23N3O4. The van der Waals surface area contributed by atoms with Gasteiger partial charge in [-0.25, -0.2) is 0 Å². The van der Waals surface area contributed by atoms with Gasteiger partial charge in [-0.1, -0.05) is 0 Å². The van der Waals surface area contributed by atoms with E-state index in [1.165, 1.54) is 4.57 Å². The fourth-order valence-electron chi connectivity index (χ4n) is 2.43. The Bertz CT molecular complexity index is 836. The van der Waals surface area contributed by atoms with Crippen molar-refractivity contribution in [1.29, 1.82) is 0 Å². The third-order valence-electron chi connectivity index (χ3n) is 3.61. The molecule has 0 saturated heterocycles. The largest absolute Gasteiger partial charge is 0.379 e. The molecule has 7 nitrogen and oxygen atoms in total. The van der Waals surface area contributed by atoms with Gasteiger partial charge in [-0.05, 0) is 45.4 Å². The van der Waals surface area contributed by atoms with Crippen molar-refractivity contribution < 1.29 is 9.53 Å². The maximum atomic E-state index is 12.2. The molecule has 0 aliphatic heterocycles. The molecule has 0 radical (unpaired) electrons. The molecule has 0 aliphatic carbocycles. The van der Waals surface area contributed by atoms with Crippen molar-refractivity contribution in [2.75, 3.05) is 13.2 Å². The Hall–Kier alpha value is -2.41. The second kappa shape index (κ2) is 7.92. The lowest BCUT2D eigenvalue weighted by Crippen LogP contribution is -2.36. The van der Waals surface area contributed by atoms with Crippen molar-refractivity contribution in [2.45, 2.75) is 39.8 Å². The van der Waals surface area contributed by atoms with E-state index in [4.69, 9.17) is 4.74 Å². The summed E-state index contributed by atoms with van der Waals surface area (Å²) in [7, 11) is 0. The summed E-state index contributed by atoms with van der Waals surface area (Å²) in [6.07, 6.45) is 0.901. The molecule has 0 bridgehead atoms. The van der Waals surface area contributed by atoms with Crippen LogP contribution in [0.25, 0.3) is 11.0 Å². The first kappa shape index (κ1) is 17.9. The Morgan fingerprint density at radius 1 is 1.33 bits per heavy atom. The fourth-order valence-corrected chi connectivity index (χ4v) is 2.43. The number of H-pyrrole nitrogens is 1. The molecule has 0 aliphatic rings. The Kier molecular flexibility index (Phi) is 5.92. The molecule has 0 saturated carbocycles. The summed E-state index contributed by atoms with van der Waals surface area (Å²) < 4.78 is 6.80. The van der Waals surface area contributed by atoms with E-state index in [-0.39, 0.29) is 12.0 Å². The number of aromatic nitrogens is 2. The number of amides is 1. The Labute approximate surface area is 139 Å². The van der Waals surface area contributed by atoms with Gasteiger partial charge in [-0.2, -0.15) is 0 Å². The first-order valence-corrected chi connectivity index (χ1v) is 8.10. The molecule has 24 heavy (non-hydrogen) atoms. The van der Waals surface area contributed by atoms with Gasteiger partial charge in [0.2, 0.25) is 0 Å². The molecule has 130 valence electrons. The molecular weight excluding hydrogens is 310 g/mol. The first-order valence-electron chi connectivity index (χ1n) is 8.10. The lowest BCUT2D eigenvalue weighted by molar-refractivity contribution is 0.0757. The highest BCUT2D eigenvalue weighted by Gasteiger charge is 2.10. The smallest absolute Gasteiger partial charge is 0.316 e. The highest BCUT2D eigenvalue weighted by Crippen LogP contribution is 2.11. The van der Waals surface area contributed by atoms with Crippen molar-refractivity contribution in [1.82, 2.24) is 14.9 Å². The molecule has 1 heterocycles. The van der Waals surface area contributed by atoms with Crippen LogP contribution >= 0.6 is 0 Å². The lowest BCUT2D eigenvalue weighted by Gasteiger charge is -2.10. The van der Waals surface area contributed by atoms with Crippen molar-refractivity contribution in [2.24, 2.45) is 0 Å². The van der Waals surface area contributed by atoms with Crippen molar-refractivity contribution in [3.63, 3.8) is 0 Å². The van der Waals surface area contributed by atoms with E-state index in [2.05, 4.69) is 10.3 Å². The molecule has 2 aromatic rings. The van der Waals surface area contributed by atoms with E-state index in [0.29, 0.717) is 36.3 Å². The van der Waals surface area contributed by atoms with Crippen molar-refractivity contribution in [3.8, 4) is 0 Å². The zero-order valence-electron chi connectivity index (χ0n) is 14.2. The molecule has 0 unspecified atom stereocenters. The number of fused-ring (bicyclic) bond motifs is 1. The average Bonchev–Trinajstić information content (AvgIpc) is 2.55. The number of rotatable bonds is 7. The maximum Gasteiger partial charge on any atom is 0.316 e. The SMILES string of the molecule is CCn1c(=O)c(=O)[nH]c2cc(C(=O)NCCCOC(C)C)ccc21. The van der Waals surface area contributed by atoms with E-state index in [0.717, 1.165) is 6.42 Å². The van der Waals surface area contributed by atoms with Gasteiger partial charge in [0.15, 0.2) is 0 Å². The number of hydrogen-bond donors (Lipinski definition) is 2. The molecule has 0 spiro atoms. The van der Waals surface area contributed by atoms with Crippen LogP contribution in [-0.4, -0.2) is 34.7 Å². The molecule has 1 aromatic heterocycles. The number of aryl methyl sites for hydroxylation is 1. The topological polar surface area (TPSA) is 93.2 Å². The van der Waals surface area contributed by atoms with Gasteiger partial charge < -0.3 is 19.6 Å². The third-order valence-corrected chi connectivity index (χ3v) is 3.61.